The molecule has 0 amide bonds. The van der Waals surface area contributed by atoms with Crippen molar-refractivity contribution in [2.75, 3.05) is 18.8 Å². The second-order valence-corrected chi connectivity index (χ2v) is 6.15. The van der Waals surface area contributed by atoms with Gasteiger partial charge in [-0.15, -0.1) is 0 Å². The third kappa shape index (κ3) is 2.78. The van der Waals surface area contributed by atoms with Gasteiger partial charge in [0.15, 0.2) is 0 Å². The lowest BCUT2D eigenvalue weighted by atomic mass is 10.3. The normalized spacial score (nSPS) is 12.1. The molecule has 2 N–H and O–H groups in total. The largest absolute Gasteiger partial charge is 0.398 e. The lowest BCUT2D eigenvalue weighted by Gasteiger charge is -2.19. The molecule has 0 aliphatic rings. The third-order valence-electron chi connectivity index (χ3n) is 2.38. The zero-order chi connectivity index (χ0) is 13.2. The summed E-state index contributed by atoms with van der Waals surface area (Å²) in [6.07, 6.45) is 0. The molecule has 0 aliphatic carbocycles. The highest BCUT2D eigenvalue weighted by molar-refractivity contribution is 9.10. The second-order valence-electron chi connectivity index (χ2n) is 3.39. The Hall–Kier alpha value is -0.660. The number of halogens is 2. The summed E-state index contributed by atoms with van der Waals surface area (Å²) in [7, 11) is -3.66. The first-order chi connectivity index (χ1) is 7.84. The highest BCUT2D eigenvalue weighted by atomic mass is 79.9. The van der Waals surface area contributed by atoms with Crippen LogP contribution >= 0.6 is 15.9 Å². The lowest BCUT2D eigenvalue weighted by molar-refractivity contribution is 0.445. The summed E-state index contributed by atoms with van der Waals surface area (Å²) in [5.74, 6) is -0.582. The van der Waals surface area contributed by atoms with Crippen molar-refractivity contribution in [1.29, 1.82) is 0 Å². The van der Waals surface area contributed by atoms with Crippen molar-refractivity contribution in [3.05, 3.63) is 22.4 Å². The zero-order valence-corrected chi connectivity index (χ0v) is 12.0. The predicted octanol–water partition coefficient (Wildman–Crippen LogP) is 2.20. The molecule has 0 aromatic heterocycles. The van der Waals surface area contributed by atoms with E-state index in [1.807, 2.05) is 0 Å². The van der Waals surface area contributed by atoms with Crippen molar-refractivity contribution in [2.45, 2.75) is 18.7 Å². The van der Waals surface area contributed by atoms with Gasteiger partial charge in [-0.25, -0.2) is 12.8 Å². The highest BCUT2D eigenvalue weighted by Crippen LogP contribution is 2.28. The van der Waals surface area contributed by atoms with E-state index in [9.17, 15) is 12.8 Å². The van der Waals surface area contributed by atoms with Gasteiger partial charge in [0.05, 0.1) is 10.2 Å². The van der Waals surface area contributed by atoms with Crippen molar-refractivity contribution in [2.24, 2.45) is 0 Å². The Kier molecular flexibility index (Phi) is 4.51. The minimum atomic E-state index is -3.66. The number of nitrogen functional groups attached to an aromatic ring is 1. The van der Waals surface area contributed by atoms with Gasteiger partial charge in [-0.05, 0) is 28.1 Å². The summed E-state index contributed by atoms with van der Waals surface area (Å²) in [6, 6.07) is 2.19. The number of hydrogen-bond acceptors (Lipinski definition) is 3. The van der Waals surface area contributed by atoms with Crippen LogP contribution < -0.4 is 5.73 Å². The Balaban J connectivity index is 3.38. The molecule has 0 heterocycles. The zero-order valence-electron chi connectivity index (χ0n) is 9.57. The molecule has 0 bridgehead atoms. The van der Waals surface area contributed by atoms with Gasteiger partial charge >= 0.3 is 0 Å². The molecular weight excluding hydrogens is 311 g/mol. The van der Waals surface area contributed by atoms with Crippen LogP contribution in [0, 0.1) is 5.82 Å². The molecule has 1 rings (SSSR count). The number of nitrogens with two attached hydrogens (primary N) is 1. The molecule has 0 unspecified atom stereocenters. The third-order valence-corrected chi connectivity index (χ3v) is 5.09. The van der Waals surface area contributed by atoms with E-state index in [0.29, 0.717) is 13.1 Å². The van der Waals surface area contributed by atoms with Crippen LogP contribution in [0.5, 0.6) is 0 Å². The first-order valence-corrected chi connectivity index (χ1v) is 7.32. The maximum Gasteiger partial charge on any atom is 0.245 e. The van der Waals surface area contributed by atoms with Crippen LogP contribution in [-0.4, -0.2) is 25.8 Å². The first-order valence-electron chi connectivity index (χ1n) is 5.09. The molecule has 1 aromatic carbocycles. The standard InChI is InChI=1S/C10H14BrFN2O2S/c1-3-14(4-2)17(15,16)10-5-7(11)8(12)6-9(10)13/h5-6H,3-4,13H2,1-2H3. The highest BCUT2D eigenvalue weighted by Gasteiger charge is 2.25. The summed E-state index contributed by atoms with van der Waals surface area (Å²) in [6.45, 7) is 4.14. The van der Waals surface area contributed by atoms with Gasteiger partial charge in [0, 0.05) is 13.1 Å². The van der Waals surface area contributed by atoms with E-state index >= 15 is 0 Å². The fraction of sp³-hybridized carbons (Fsp3) is 0.400. The molecule has 0 atom stereocenters. The molecule has 0 saturated carbocycles. The van der Waals surface area contributed by atoms with Gasteiger partial charge < -0.3 is 5.73 Å². The molecule has 1 aromatic rings. The number of anilines is 1. The Morgan fingerprint density at radius 1 is 1.35 bits per heavy atom. The quantitative estimate of drug-likeness (QED) is 0.863. The van der Waals surface area contributed by atoms with Crippen molar-refractivity contribution >= 4 is 31.6 Å². The molecule has 0 fully saturated rings. The topological polar surface area (TPSA) is 63.4 Å². The Morgan fingerprint density at radius 2 is 1.88 bits per heavy atom. The van der Waals surface area contributed by atoms with Gasteiger partial charge in [0.2, 0.25) is 10.0 Å². The molecule has 0 radical (unpaired) electrons. The molecule has 0 aliphatic heterocycles. The SMILES string of the molecule is CCN(CC)S(=O)(=O)c1cc(Br)c(F)cc1N. The van der Waals surface area contributed by atoms with E-state index < -0.39 is 15.8 Å². The molecule has 96 valence electrons. The first kappa shape index (κ1) is 14.4. The summed E-state index contributed by atoms with van der Waals surface area (Å²) in [5, 5.41) is 0. The van der Waals surface area contributed by atoms with Crippen molar-refractivity contribution in [1.82, 2.24) is 4.31 Å². The van der Waals surface area contributed by atoms with Crippen LogP contribution in [0.3, 0.4) is 0 Å². The predicted molar refractivity (Wildman–Crippen MR) is 68.6 cm³/mol. The summed E-state index contributed by atoms with van der Waals surface area (Å²) < 4.78 is 38.9. The Bertz CT molecular complexity index is 515. The average Bonchev–Trinajstić information content (AvgIpc) is 2.24. The second kappa shape index (κ2) is 5.32. The van der Waals surface area contributed by atoms with Gasteiger partial charge in [0.25, 0.3) is 0 Å². The fourth-order valence-electron chi connectivity index (χ4n) is 1.47. The summed E-state index contributed by atoms with van der Waals surface area (Å²) in [4.78, 5) is -0.0746. The van der Waals surface area contributed by atoms with Crippen LogP contribution in [-0.2, 0) is 10.0 Å². The van der Waals surface area contributed by atoms with E-state index in [4.69, 9.17) is 5.73 Å². The number of nitrogens with zero attached hydrogens (tertiary/aromatic N) is 1. The van der Waals surface area contributed by atoms with Crippen LogP contribution in [0.25, 0.3) is 0 Å². The number of sulfonamides is 1. The molecule has 0 spiro atoms. The fourth-order valence-corrected chi connectivity index (χ4v) is 3.55. The van der Waals surface area contributed by atoms with Gasteiger partial charge in [0.1, 0.15) is 10.7 Å². The summed E-state index contributed by atoms with van der Waals surface area (Å²) in [5.41, 5.74) is 5.47. The van der Waals surface area contributed by atoms with Crippen LogP contribution in [0.1, 0.15) is 13.8 Å². The molecule has 17 heavy (non-hydrogen) atoms. The van der Waals surface area contributed by atoms with E-state index in [1.54, 1.807) is 13.8 Å². The average molecular weight is 325 g/mol. The number of hydrogen-bond donors (Lipinski definition) is 1. The minimum Gasteiger partial charge on any atom is -0.398 e. The van der Waals surface area contributed by atoms with E-state index in [-0.39, 0.29) is 15.1 Å². The smallest absolute Gasteiger partial charge is 0.245 e. The number of rotatable bonds is 4. The minimum absolute atomic E-state index is 0.0746. The van der Waals surface area contributed by atoms with Crippen LogP contribution in [0.15, 0.2) is 21.5 Å². The van der Waals surface area contributed by atoms with Gasteiger partial charge in [-0.1, -0.05) is 13.8 Å². The number of benzene rings is 1. The monoisotopic (exact) mass is 324 g/mol. The van der Waals surface area contributed by atoms with E-state index in [1.165, 1.54) is 10.4 Å². The molecular formula is C10H14BrFN2O2S. The Morgan fingerprint density at radius 3 is 2.35 bits per heavy atom. The molecule has 7 heteroatoms. The Labute approximate surface area is 109 Å². The van der Waals surface area contributed by atoms with Crippen LogP contribution in [0.2, 0.25) is 0 Å². The molecule has 4 nitrogen and oxygen atoms in total. The summed E-state index contributed by atoms with van der Waals surface area (Å²) >= 11 is 2.95. The van der Waals surface area contributed by atoms with E-state index in [0.717, 1.165) is 6.07 Å². The van der Waals surface area contributed by atoms with E-state index in [2.05, 4.69) is 15.9 Å². The van der Waals surface area contributed by atoms with Crippen molar-refractivity contribution in [3.63, 3.8) is 0 Å². The van der Waals surface area contributed by atoms with Crippen molar-refractivity contribution < 1.29 is 12.8 Å². The van der Waals surface area contributed by atoms with Crippen LogP contribution in [0.4, 0.5) is 10.1 Å². The van der Waals surface area contributed by atoms with Gasteiger partial charge in [-0.2, -0.15) is 4.31 Å². The van der Waals surface area contributed by atoms with Gasteiger partial charge in [-0.3, -0.25) is 0 Å². The lowest BCUT2D eigenvalue weighted by Crippen LogP contribution is -2.31. The maximum absolute atomic E-state index is 13.2. The maximum atomic E-state index is 13.2. The van der Waals surface area contributed by atoms with Crippen molar-refractivity contribution in [3.8, 4) is 0 Å². The molecule has 0 saturated heterocycles.